The van der Waals surface area contributed by atoms with Gasteiger partial charge in [0.15, 0.2) is 0 Å². The number of carboxylic acids is 1. The molecule has 4 heteroatoms. The number of rotatable bonds is 3. The lowest BCUT2D eigenvalue weighted by Crippen LogP contribution is -2.30. The molecule has 0 atom stereocenters. The predicted molar refractivity (Wildman–Crippen MR) is 75.5 cm³/mol. The van der Waals surface area contributed by atoms with Crippen LogP contribution in [0.3, 0.4) is 0 Å². The van der Waals surface area contributed by atoms with Gasteiger partial charge in [0.05, 0.1) is 11.3 Å². The van der Waals surface area contributed by atoms with Crippen LogP contribution in [0.15, 0.2) is 42.6 Å². The molecule has 0 fully saturated rings. The first-order valence-electron chi connectivity index (χ1n) is 6.70. The Morgan fingerprint density at radius 2 is 2.05 bits per heavy atom. The molecule has 102 valence electrons. The number of carbonyl (C=O) groups is 1. The van der Waals surface area contributed by atoms with Crippen LogP contribution in [-0.4, -0.2) is 27.5 Å². The van der Waals surface area contributed by atoms with Crippen LogP contribution in [0.4, 0.5) is 0 Å². The number of aromatic nitrogens is 1. The van der Waals surface area contributed by atoms with Crippen molar-refractivity contribution < 1.29 is 9.90 Å². The molecule has 0 saturated carbocycles. The molecular formula is C16H16N2O2. The third kappa shape index (κ3) is 2.70. The van der Waals surface area contributed by atoms with Crippen LogP contribution in [0.5, 0.6) is 0 Å². The third-order valence-electron chi connectivity index (χ3n) is 3.66. The Hall–Kier alpha value is -2.20. The summed E-state index contributed by atoms with van der Waals surface area (Å²) in [4.78, 5) is 17.5. The van der Waals surface area contributed by atoms with E-state index in [1.165, 1.54) is 17.2 Å². The second kappa shape index (κ2) is 5.43. The van der Waals surface area contributed by atoms with Gasteiger partial charge in [-0.05, 0) is 29.7 Å². The molecule has 0 aliphatic carbocycles. The van der Waals surface area contributed by atoms with Gasteiger partial charge in [-0.2, -0.15) is 0 Å². The maximum atomic E-state index is 11.0. The van der Waals surface area contributed by atoms with Crippen LogP contribution < -0.4 is 0 Å². The van der Waals surface area contributed by atoms with E-state index in [-0.39, 0.29) is 0 Å². The molecule has 0 radical (unpaired) electrons. The van der Waals surface area contributed by atoms with E-state index in [0.717, 1.165) is 25.2 Å². The molecule has 2 heterocycles. The molecule has 20 heavy (non-hydrogen) atoms. The van der Waals surface area contributed by atoms with E-state index in [9.17, 15) is 4.79 Å². The summed E-state index contributed by atoms with van der Waals surface area (Å²) in [5.74, 6) is -0.905. The van der Waals surface area contributed by atoms with Crippen LogP contribution in [0.1, 0.15) is 27.2 Å². The van der Waals surface area contributed by atoms with Crippen LogP contribution in [0.25, 0.3) is 0 Å². The van der Waals surface area contributed by atoms with E-state index in [1.54, 1.807) is 12.3 Å². The van der Waals surface area contributed by atoms with Gasteiger partial charge in [0.2, 0.25) is 0 Å². The van der Waals surface area contributed by atoms with Gasteiger partial charge in [0.1, 0.15) is 0 Å². The van der Waals surface area contributed by atoms with E-state index in [1.807, 2.05) is 0 Å². The van der Waals surface area contributed by atoms with Crippen molar-refractivity contribution >= 4 is 5.97 Å². The Morgan fingerprint density at radius 3 is 2.85 bits per heavy atom. The standard InChI is InChI=1S/C16H16N2O2/c19-16(20)13-5-7-17-15(9-13)11-18-8-6-12-3-1-2-4-14(12)10-18/h1-5,7,9H,6,8,10-11H2,(H,19,20). The summed E-state index contributed by atoms with van der Waals surface area (Å²) in [6.07, 6.45) is 2.60. The highest BCUT2D eigenvalue weighted by Crippen LogP contribution is 2.19. The van der Waals surface area contributed by atoms with E-state index in [0.29, 0.717) is 12.1 Å². The Bertz CT molecular complexity index is 640. The second-order valence-electron chi connectivity index (χ2n) is 5.07. The van der Waals surface area contributed by atoms with Crippen LogP contribution in [-0.2, 0) is 19.5 Å². The fraction of sp³-hybridized carbons (Fsp3) is 0.250. The Kier molecular flexibility index (Phi) is 3.48. The molecule has 1 N–H and O–H groups in total. The second-order valence-corrected chi connectivity index (χ2v) is 5.07. The molecule has 4 nitrogen and oxygen atoms in total. The number of benzene rings is 1. The molecule has 1 aliphatic rings. The van der Waals surface area contributed by atoms with Crippen LogP contribution in [0, 0.1) is 0 Å². The summed E-state index contributed by atoms with van der Waals surface area (Å²) in [6, 6.07) is 11.6. The van der Waals surface area contributed by atoms with Crippen molar-refractivity contribution in [1.82, 2.24) is 9.88 Å². The highest BCUT2D eigenvalue weighted by atomic mass is 16.4. The molecular weight excluding hydrogens is 252 g/mol. The van der Waals surface area contributed by atoms with Crippen molar-refractivity contribution in [1.29, 1.82) is 0 Å². The van der Waals surface area contributed by atoms with Gasteiger partial charge < -0.3 is 5.11 Å². The molecule has 1 aromatic carbocycles. The zero-order valence-corrected chi connectivity index (χ0v) is 11.1. The zero-order valence-electron chi connectivity index (χ0n) is 11.1. The number of hydrogen-bond donors (Lipinski definition) is 1. The summed E-state index contributed by atoms with van der Waals surface area (Å²) < 4.78 is 0. The maximum Gasteiger partial charge on any atom is 0.335 e. The smallest absolute Gasteiger partial charge is 0.335 e. The Morgan fingerprint density at radius 1 is 1.25 bits per heavy atom. The first-order valence-corrected chi connectivity index (χ1v) is 6.70. The fourth-order valence-electron chi connectivity index (χ4n) is 2.62. The average molecular weight is 268 g/mol. The molecule has 0 spiro atoms. The lowest BCUT2D eigenvalue weighted by atomic mass is 10.00. The first kappa shape index (κ1) is 12.8. The number of nitrogens with zero attached hydrogens (tertiary/aromatic N) is 2. The third-order valence-corrected chi connectivity index (χ3v) is 3.66. The van der Waals surface area contributed by atoms with Gasteiger partial charge >= 0.3 is 5.97 Å². The first-order chi connectivity index (χ1) is 9.72. The van der Waals surface area contributed by atoms with Crippen molar-refractivity contribution in [2.75, 3.05) is 6.54 Å². The monoisotopic (exact) mass is 268 g/mol. The van der Waals surface area contributed by atoms with Crippen molar-refractivity contribution in [3.05, 3.63) is 65.0 Å². The molecule has 2 aromatic rings. The van der Waals surface area contributed by atoms with Gasteiger partial charge in [0, 0.05) is 25.8 Å². The maximum absolute atomic E-state index is 11.0. The lowest BCUT2D eigenvalue weighted by Gasteiger charge is -2.28. The number of aromatic carboxylic acids is 1. The minimum Gasteiger partial charge on any atom is -0.478 e. The van der Waals surface area contributed by atoms with Gasteiger partial charge in [-0.3, -0.25) is 9.88 Å². The van der Waals surface area contributed by atoms with Gasteiger partial charge in [0.25, 0.3) is 0 Å². The highest BCUT2D eigenvalue weighted by Gasteiger charge is 2.16. The van der Waals surface area contributed by atoms with Gasteiger partial charge in [-0.25, -0.2) is 4.79 Å². The van der Waals surface area contributed by atoms with Gasteiger partial charge in [-0.1, -0.05) is 24.3 Å². The largest absolute Gasteiger partial charge is 0.478 e. The van der Waals surface area contributed by atoms with E-state index >= 15 is 0 Å². The van der Waals surface area contributed by atoms with E-state index in [4.69, 9.17) is 5.11 Å². The van der Waals surface area contributed by atoms with Crippen molar-refractivity contribution in [2.45, 2.75) is 19.5 Å². The van der Waals surface area contributed by atoms with Gasteiger partial charge in [-0.15, -0.1) is 0 Å². The summed E-state index contributed by atoms with van der Waals surface area (Å²) >= 11 is 0. The predicted octanol–water partition coefficient (Wildman–Crippen LogP) is 2.34. The molecule has 0 bridgehead atoms. The minimum atomic E-state index is -0.905. The summed E-state index contributed by atoms with van der Waals surface area (Å²) in [6.45, 7) is 2.57. The zero-order chi connectivity index (χ0) is 13.9. The van der Waals surface area contributed by atoms with Crippen LogP contribution >= 0.6 is 0 Å². The minimum absolute atomic E-state index is 0.299. The number of hydrogen-bond acceptors (Lipinski definition) is 3. The molecule has 0 unspecified atom stereocenters. The molecule has 3 rings (SSSR count). The fourth-order valence-corrected chi connectivity index (χ4v) is 2.62. The number of carboxylic acid groups (broad SMARTS) is 1. The van der Waals surface area contributed by atoms with Crippen molar-refractivity contribution in [3.63, 3.8) is 0 Å². The molecule has 0 amide bonds. The van der Waals surface area contributed by atoms with Crippen LogP contribution in [0.2, 0.25) is 0 Å². The number of fused-ring (bicyclic) bond motifs is 1. The quantitative estimate of drug-likeness (QED) is 0.928. The molecule has 0 saturated heterocycles. The Labute approximate surface area is 117 Å². The van der Waals surface area contributed by atoms with Crippen molar-refractivity contribution in [2.24, 2.45) is 0 Å². The molecule has 1 aromatic heterocycles. The lowest BCUT2D eigenvalue weighted by molar-refractivity contribution is 0.0696. The topological polar surface area (TPSA) is 53.4 Å². The summed E-state index contributed by atoms with van der Waals surface area (Å²) in [5, 5.41) is 9.00. The average Bonchev–Trinajstić information content (AvgIpc) is 2.47. The van der Waals surface area contributed by atoms with E-state index in [2.05, 4.69) is 34.1 Å². The normalized spacial score (nSPS) is 14.8. The molecule has 1 aliphatic heterocycles. The SMILES string of the molecule is O=C(O)c1ccnc(CN2CCc3ccccc3C2)c1. The summed E-state index contributed by atoms with van der Waals surface area (Å²) in [5.41, 5.74) is 3.88. The highest BCUT2D eigenvalue weighted by molar-refractivity contribution is 5.87. The Balaban J connectivity index is 1.73. The number of pyridine rings is 1. The van der Waals surface area contributed by atoms with Crippen molar-refractivity contribution in [3.8, 4) is 0 Å². The van der Waals surface area contributed by atoms with E-state index < -0.39 is 5.97 Å². The summed E-state index contributed by atoms with van der Waals surface area (Å²) in [7, 11) is 0.